The number of hydrogen-bond donors (Lipinski definition) is 0. The molecular formula is C25H32N2O2. The Morgan fingerprint density at radius 2 is 2.07 bits per heavy atom. The van der Waals surface area contributed by atoms with Crippen molar-refractivity contribution in [2.24, 2.45) is 4.99 Å². The van der Waals surface area contributed by atoms with Crippen LogP contribution in [0.5, 0.6) is 0 Å². The monoisotopic (exact) mass is 392 g/mol. The highest BCUT2D eigenvalue weighted by molar-refractivity contribution is 5.93. The van der Waals surface area contributed by atoms with Crippen LogP contribution in [0, 0.1) is 6.92 Å². The highest BCUT2D eigenvalue weighted by Crippen LogP contribution is 2.43. The van der Waals surface area contributed by atoms with E-state index in [1.165, 1.54) is 18.4 Å². The van der Waals surface area contributed by atoms with Gasteiger partial charge in [0.25, 0.3) is 0 Å². The normalized spacial score (nSPS) is 18.0. The van der Waals surface area contributed by atoms with E-state index in [9.17, 15) is 4.79 Å². The quantitative estimate of drug-likeness (QED) is 0.460. The summed E-state index contributed by atoms with van der Waals surface area (Å²) in [5, 5.41) is 0. The number of rotatable bonds is 5. The van der Waals surface area contributed by atoms with Gasteiger partial charge in [-0.25, -0.2) is 4.79 Å². The average Bonchev–Trinajstić information content (AvgIpc) is 2.69. The van der Waals surface area contributed by atoms with Gasteiger partial charge in [0.2, 0.25) is 0 Å². The van der Waals surface area contributed by atoms with Gasteiger partial charge in [0.1, 0.15) is 0 Å². The summed E-state index contributed by atoms with van der Waals surface area (Å²) in [5.74, 6) is 0.173. The molecule has 0 radical (unpaired) electrons. The number of anilines is 1. The summed E-state index contributed by atoms with van der Waals surface area (Å²) >= 11 is 0. The van der Waals surface area contributed by atoms with E-state index in [2.05, 4.69) is 55.8 Å². The number of carbonyl (C=O) groups excluding carboxylic acids is 1. The third kappa shape index (κ3) is 4.21. The maximum Gasteiger partial charge on any atom is 0.338 e. The SMILES string of the molecule is CCCN1c2ccc(C=Nc3cccc(C(=O)OC)c3C)cc2C(C)CC1(C)C. The zero-order valence-corrected chi connectivity index (χ0v) is 18.5. The molecule has 0 aliphatic carbocycles. The minimum Gasteiger partial charge on any atom is -0.465 e. The van der Waals surface area contributed by atoms with Crippen molar-refractivity contribution in [3.63, 3.8) is 0 Å². The number of hydrogen-bond acceptors (Lipinski definition) is 4. The predicted molar refractivity (Wildman–Crippen MR) is 121 cm³/mol. The number of carbonyl (C=O) groups is 1. The predicted octanol–water partition coefficient (Wildman–Crippen LogP) is 6.03. The fraction of sp³-hybridized carbons (Fsp3) is 0.440. The van der Waals surface area contributed by atoms with E-state index in [-0.39, 0.29) is 11.5 Å². The lowest BCUT2D eigenvalue weighted by Crippen LogP contribution is -2.48. The number of nitrogens with zero attached hydrogens (tertiary/aromatic N) is 2. The molecule has 4 nitrogen and oxygen atoms in total. The van der Waals surface area contributed by atoms with Gasteiger partial charge in [-0.15, -0.1) is 0 Å². The molecule has 1 heterocycles. The summed E-state index contributed by atoms with van der Waals surface area (Å²) in [5.41, 5.74) is 6.15. The molecule has 0 amide bonds. The van der Waals surface area contributed by atoms with E-state index >= 15 is 0 Å². The van der Waals surface area contributed by atoms with Crippen molar-refractivity contribution < 1.29 is 9.53 Å². The largest absolute Gasteiger partial charge is 0.465 e. The zero-order chi connectivity index (χ0) is 21.2. The third-order valence-corrected chi connectivity index (χ3v) is 5.92. The number of ether oxygens (including phenoxy) is 1. The Balaban J connectivity index is 1.93. The Morgan fingerprint density at radius 1 is 1.31 bits per heavy atom. The number of aliphatic imine (C=N–C) groups is 1. The van der Waals surface area contributed by atoms with Crippen LogP contribution in [-0.4, -0.2) is 31.4 Å². The van der Waals surface area contributed by atoms with E-state index < -0.39 is 0 Å². The van der Waals surface area contributed by atoms with Crippen LogP contribution in [0.4, 0.5) is 11.4 Å². The van der Waals surface area contributed by atoms with E-state index in [1.807, 2.05) is 25.3 Å². The molecule has 0 N–H and O–H groups in total. The second-order valence-electron chi connectivity index (χ2n) is 8.59. The van der Waals surface area contributed by atoms with Gasteiger partial charge < -0.3 is 9.64 Å². The van der Waals surface area contributed by atoms with E-state index in [0.29, 0.717) is 11.5 Å². The summed E-state index contributed by atoms with van der Waals surface area (Å²) in [6, 6.07) is 12.2. The van der Waals surface area contributed by atoms with Gasteiger partial charge in [-0.2, -0.15) is 0 Å². The smallest absolute Gasteiger partial charge is 0.338 e. The maximum atomic E-state index is 11.9. The van der Waals surface area contributed by atoms with Crippen LogP contribution >= 0.6 is 0 Å². The van der Waals surface area contributed by atoms with Crippen LogP contribution in [0.2, 0.25) is 0 Å². The third-order valence-electron chi connectivity index (χ3n) is 5.92. The molecule has 0 bridgehead atoms. The number of methoxy groups -OCH3 is 1. The first-order valence-corrected chi connectivity index (χ1v) is 10.4. The lowest BCUT2D eigenvalue weighted by Gasteiger charge is -2.47. The van der Waals surface area contributed by atoms with Crippen molar-refractivity contribution >= 4 is 23.6 Å². The van der Waals surface area contributed by atoms with Crippen molar-refractivity contribution in [1.29, 1.82) is 0 Å². The van der Waals surface area contributed by atoms with Gasteiger partial charge in [-0.3, -0.25) is 4.99 Å². The van der Waals surface area contributed by atoms with Crippen molar-refractivity contribution in [3.05, 3.63) is 58.7 Å². The summed E-state index contributed by atoms with van der Waals surface area (Å²) < 4.78 is 4.86. The van der Waals surface area contributed by atoms with E-state index in [4.69, 9.17) is 4.74 Å². The van der Waals surface area contributed by atoms with Gasteiger partial charge in [0.15, 0.2) is 0 Å². The Labute approximate surface area is 174 Å². The van der Waals surface area contributed by atoms with Crippen LogP contribution in [0.25, 0.3) is 0 Å². The van der Waals surface area contributed by atoms with E-state index in [0.717, 1.165) is 36.2 Å². The molecule has 2 aromatic carbocycles. The lowest BCUT2D eigenvalue weighted by molar-refractivity contribution is 0.0600. The van der Waals surface area contributed by atoms with Gasteiger partial charge in [0, 0.05) is 24.0 Å². The zero-order valence-electron chi connectivity index (χ0n) is 18.5. The molecule has 0 spiro atoms. The average molecular weight is 393 g/mol. The first kappa shape index (κ1) is 21.1. The summed E-state index contributed by atoms with van der Waals surface area (Å²) in [4.78, 5) is 19.1. The highest BCUT2D eigenvalue weighted by atomic mass is 16.5. The van der Waals surface area contributed by atoms with Crippen LogP contribution in [-0.2, 0) is 4.74 Å². The fourth-order valence-corrected chi connectivity index (χ4v) is 4.47. The molecule has 0 fully saturated rings. The molecular weight excluding hydrogens is 360 g/mol. The molecule has 2 aromatic rings. The van der Waals surface area contributed by atoms with Crippen LogP contribution in [0.1, 0.15) is 73.5 Å². The molecule has 4 heteroatoms. The molecule has 29 heavy (non-hydrogen) atoms. The van der Waals surface area contributed by atoms with Gasteiger partial charge in [-0.05, 0) is 80.5 Å². The second kappa shape index (κ2) is 8.40. The fourth-order valence-electron chi connectivity index (χ4n) is 4.47. The van der Waals surface area contributed by atoms with Crippen molar-refractivity contribution in [1.82, 2.24) is 0 Å². The molecule has 0 saturated heterocycles. The molecule has 0 aromatic heterocycles. The number of esters is 1. The Bertz CT molecular complexity index is 930. The lowest BCUT2D eigenvalue weighted by atomic mass is 9.79. The van der Waals surface area contributed by atoms with Crippen molar-refractivity contribution in [3.8, 4) is 0 Å². The Kier molecular flexibility index (Phi) is 6.11. The molecule has 1 atom stereocenters. The molecule has 154 valence electrons. The maximum absolute atomic E-state index is 11.9. The van der Waals surface area contributed by atoms with E-state index in [1.54, 1.807) is 6.07 Å². The first-order valence-electron chi connectivity index (χ1n) is 10.4. The minimum atomic E-state index is -0.333. The number of fused-ring (bicyclic) bond motifs is 1. The van der Waals surface area contributed by atoms with Crippen molar-refractivity contribution in [2.45, 2.75) is 58.9 Å². The van der Waals surface area contributed by atoms with Gasteiger partial charge in [-0.1, -0.05) is 26.0 Å². The van der Waals surface area contributed by atoms with Crippen LogP contribution in [0.15, 0.2) is 41.4 Å². The summed E-state index contributed by atoms with van der Waals surface area (Å²) in [6.45, 7) is 12.2. The topological polar surface area (TPSA) is 41.9 Å². The highest BCUT2D eigenvalue weighted by Gasteiger charge is 2.35. The van der Waals surface area contributed by atoms with Crippen molar-refractivity contribution in [2.75, 3.05) is 18.6 Å². The van der Waals surface area contributed by atoms with Crippen LogP contribution in [0.3, 0.4) is 0 Å². The molecule has 0 saturated carbocycles. The van der Waals surface area contributed by atoms with Gasteiger partial charge in [0.05, 0.1) is 18.4 Å². The second-order valence-corrected chi connectivity index (χ2v) is 8.59. The standard InChI is InChI=1S/C25H32N2O2/c1-7-13-27-23-12-11-19(14-21(23)17(2)15-25(27,4)5)16-26-22-10-8-9-20(18(22)3)24(28)29-6/h8-12,14,16-17H,7,13,15H2,1-6H3. The Hall–Kier alpha value is -2.62. The van der Waals surface area contributed by atoms with Crippen LogP contribution < -0.4 is 4.90 Å². The van der Waals surface area contributed by atoms with Gasteiger partial charge >= 0.3 is 5.97 Å². The summed E-state index contributed by atoms with van der Waals surface area (Å²) in [6.07, 6.45) is 4.16. The Morgan fingerprint density at radius 3 is 2.76 bits per heavy atom. The molecule has 1 aliphatic rings. The molecule has 1 aliphatic heterocycles. The minimum absolute atomic E-state index is 0.170. The summed E-state index contributed by atoms with van der Waals surface area (Å²) in [7, 11) is 1.40. The first-order chi connectivity index (χ1) is 13.8. The molecule has 1 unspecified atom stereocenters. The molecule has 3 rings (SSSR count). The number of benzene rings is 2.